The molecule has 1 saturated heterocycles. The number of carbonyl (C=O) groups excluding carboxylic acids is 1. The van der Waals surface area contributed by atoms with E-state index in [-0.39, 0.29) is 29.4 Å². The highest BCUT2D eigenvalue weighted by molar-refractivity contribution is 5.82. The van der Waals surface area contributed by atoms with Crippen molar-refractivity contribution in [1.82, 2.24) is 10.2 Å². The fraction of sp³-hybridized carbons (Fsp3) is 0.579. The lowest BCUT2D eigenvalue weighted by Gasteiger charge is -2.34. The van der Waals surface area contributed by atoms with Gasteiger partial charge in [-0.05, 0) is 38.3 Å². The van der Waals surface area contributed by atoms with Crippen LogP contribution in [-0.4, -0.2) is 49.6 Å². The van der Waals surface area contributed by atoms with Crippen molar-refractivity contribution < 1.29 is 18.3 Å². The van der Waals surface area contributed by atoms with Gasteiger partial charge in [-0.3, -0.25) is 9.79 Å². The van der Waals surface area contributed by atoms with Crippen LogP contribution in [0.5, 0.6) is 0 Å². The monoisotopic (exact) mass is 365 g/mol. The number of halogens is 2. The number of hydrogen-bond acceptors (Lipinski definition) is 3. The molecule has 1 aromatic rings. The SMILES string of the molecule is CCOC(=O)C1CCCN(C(=NC)NC2CC2c2c(F)cccc2F)C1. The molecule has 3 unspecified atom stereocenters. The molecule has 3 atom stereocenters. The third kappa shape index (κ3) is 3.97. The first-order valence-corrected chi connectivity index (χ1v) is 9.14. The molecule has 142 valence electrons. The number of carbonyl (C=O) groups is 1. The molecule has 1 aromatic carbocycles. The molecular weight excluding hydrogens is 340 g/mol. The smallest absolute Gasteiger partial charge is 0.310 e. The van der Waals surface area contributed by atoms with Gasteiger partial charge in [0.1, 0.15) is 11.6 Å². The molecule has 2 aliphatic rings. The van der Waals surface area contributed by atoms with E-state index in [0.29, 0.717) is 25.5 Å². The molecule has 0 bridgehead atoms. The molecule has 1 aliphatic carbocycles. The summed E-state index contributed by atoms with van der Waals surface area (Å²) in [7, 11) is 1.68. The van der Waals surface area contributed by atoms with E-state index in [1.165, 1.54) is 18.2 Å². The first-order valence-electron chi connectivity index (χ1n) is 9.14. The first kappa shape index (κ1) is 18.6. The molecule has 1 saturated carbocycles. The molecule has 26 heavy (non-hydrogen) atoms. The topological polar surface area (TPSA) is 53.9 Å². The quantitative estimate of drug-likeness (QED) is 0.506. The van der Waals surface area contributed by atoms with Crippen molar-refractivity contribution in [3.63, 3.8) is 0 Å². The van der Waals surface area contributed by atoms with E-state index in [1.54, 1.807) is 14.0 Å². The van der Waals surface area contributed by atoms with E-state index in [9.17, 15) is 13.6 Å². The molecular formula is C19H25F2N3O2. The number of esters is 1. The van der Waals surface area contributed by atoms with Crippen molar-refractivity contribution in [2.45, 2.75) is 38.1 Å². The maximum Gasteiger partial charge on any atom is 0.310 e. The number of aliphatic imine (C=N–C) groups is 1. The second kappa shape index (κ2) is 8.01. The van der Waals surface area contributed by atoms with Gasteiger partial charge in [-0.15, -0.1) is 0 Å². The highest BCUT2D eigenvalue weighted by atomic mass is 19.1. The average Bonchev–Trinajstić information content (AvgIpc) is 3.38. The van der Waals surface area contributed by atoms with E-state index in [4.69, 9.17) is 4.74 Å². The van der Waals surface area contributed by atoms with Gasteiger partial charge in [0.05, 0.1) is 12.5 Å². The van der Waals surface area contributed by atoms with Crippen LogP contribution in [0.1, 0.15) is 37.7 Å². The minimum atomic E-state index is -0.505. The van der Waals surface area contributed by atoms with E-state index in [2.05, 4.69) is 10.3 Å². The molecule has 1 aliphatic heterocycles. The zero-order valence-electron chi connectivity index (χ0n) is 15.2. The van der Waals surface area contributed by atoms with Gasteiger partial charge in [0.2, 0.25) is 0 Å². The maximum absolute atomic E-state index is 13.9. The van der Waals surface area contributed by atoms with Crippen LogP contribution in [0.2, 0.25) is 0 Å². The van der Waals surface area contributed by atoms with Crippen LogP contribution in [0.15, 0.2) is 23.2 Å². The van der Waals surface area contributed by atoms with Crippen LogP contribution >= 0.6 is 0 Å². The van der Waals surface area contributed by atoms with Crippen LogP contribution < -0.4 is 5.32 Å². The summed E-state index contributed by atoms with van der Waals surface area (Å²) in [4.78, 5) is 18.3. The van der Waals surface area contributed by atoms with Crippen molar-refractivity contribution in [3.05, 3.63) is 35.4 Å². The third-order valence-electron chi connectivity index (χ3n) is 5.03. The summed E-state index contributed by atoms with van der Waals surface area (Å²) >= 11 is 0. The zero-order valence-corrected chi connectivity index (χ0v) is 15.2. The lowest BCUT2D eigenvalue weighted by molar-refractivity contribution is -0.149. The Bertz CT molecular complexity index is 675. The standard InChI is InChI=1S/C19H25F2N3O2/c1-3-26-18(25)12-6-5-9-24(11-12)19(22-2)23-16-10-13(16)17-14(20)7-4-8-15(17)21/h4,7-8,12-13,16H,3,5-6,9-11H2,1-2H3,(H,22,23). The van der Waals surface area contributed by atoms with Gasteiger partial charge in [0.15, 0.2) is 5.96 Å². The average molecular weight is 365 g/mol. The van der Waals surface area contributed by atoms with E-state index in [0.717, 1.165) is 19.4 Å². The van der Waals surface area contributed by atoms with Gasteiger partial charge >= 0.3 is 5.97 Å². The largest absolute Gasteiger partial charge is 0.466 e. The van der Waals surface area contributed by atoms with Crippen LogP contribution in [-0.2, 0) is 9.53 Å². The Morgan fingerprint density at radius 1 is 1.38 bits per heavy atom. The highest BCUT2D eigenvalue weighted by Gasteiger charge is 2.43. The summed E-state index contributed by atoms with van der Waals surface area (Å²) in [6.07, 6.45) is 2.34. The Labute approximate surface area is 152 Å². The molecule has 2 fully saturated rings. The number of benzene rings is 1. The van der Waals surface area contributed by atoms with Crippen molar-refractivity contribution in [1.29, 1.82) is 0 Å². The lowest BCUT2D eigenvalue weighted by atomic mass is 9.98. The number of nitrogens with zero attached hydrogens (tertiary/aromatic N) is 2. The number of hydrogen-bond donors (Lipinski definition) is 1. The molecule has 7 heteroatoms. The zero-order chi connectivity index (χ0) is 18.7. The molecule has 0 spiro atoms. The molecule has 0 amide bonds. The molecule has 1 heterocycles. The Hall–Kier alpha value is -2.18. The molecule has 3 rings (SSSR count). The molecule has 5 nitrogen and oxygen atoms in total. The van der Waals surface area contributed by atoms with Crippen LogP contribution in [0.3, 0.4) is 0 Å². The van der Waals surface area contributed by atoms with Crippen LogP contribution in [0.25, 0.3) is 0 Å². The second-order valence-electron chi connectivity index (χ2n) is 6.81. The number of likely N-dealkylation sites (tertiary alicyclic amines) is 1. The van der Waals surface area contributed by atoms with Gasteiger partial charge in [-0.1, -0.05) is 6.07 Å². The molecule has 0 radical (unpaired) electrons. The van der Waals surface area contributed by atoms with E-state index >= 15 is 0 Å². The maximum atomic E-state index is 13.9. The second-order valence-corrected chi connectivity index (χ2v) is 6.81. The number of rotatable bonds is 4. The number of guanidine groups is 1. The van der Waals surface area contributed by atoms with Gasteiger partial charge < -0.3 is 15.0 Å². The lowest BCUT2D eigenvalue weighted by Crippen LogP contribution is -2.49. The minimum Gasteiger partial charge on any atom is -0.466 e. The Balaban J connectivity index is 1.61. The summed E-state index contributed by atoms with van der Waals surface area (Å²) in [6, 6.07) is 3.90. The van der Waals surface area contributed by atoms with E-state index < -0.39 is 11.6 Å². The third-order valence-corrected chi connectivity index (χ3v) is 5.03. The number of piperidine rings is 1. The van der Waals surface area contributed by atoms with Gasteiger partial charge in [-0.2, -0.15) is 0 Å². The fourth-order valence-electron chi connectivity index (χ4n) is 3.62. The normalized spacial score (nSPS) is 25.8. The van der Waals surface area contributed by atoms with Crippen molar-refractivity contribution in [3.8, 4) is 0 Å². The van der Waals surface area contributed by atoms with Crippen molar-refractivity contribution in [2.75, 3.05) is 26.7 Å². The number of nitrogens with one attached hydrogen (secondary N) is 1. The molecule has 0 aromatic heterocycles. The summed E-state index contributed by atoms with van der Waals surface area (Å²) in [5.74, 6) is -0.877. The summed E-state index contributed by atoms with van der Waals surface area (Å²) < 4.78 is 33.0. The van der Waals surface area contributed by atoms with Gasteiger partial charge in [0.25, 0.3) is 0 Å². The predicted molar refractivity (Wildman–Crippen MR) is 94.9 cm³/mol. The first-order chi connectivity index (χ1) is 12.5. The van der Waals surface area contributed by atoms with E-state index in [1.807, 2.05) is 4.90 Å². The van der Waals surface area contributed by atoms with Crippen LogP contribution in [0, 0.1) is 17.6 Å². The molecule has 1 N–H and O–H groups in total. The summed E-state index contributed by atoms with van der Waals surface area (Å²) in [5.41, 5.74) is 0.142. The van der Waals surface area contributed by atoms with Crippen LogP contribution in [0.4, 0.5) is 8.78 Å². The number of ether oxygens (including phenoxy) is 1. The van der Waals surface area contributed by atoms with Gasteiger partial charge in [-0.25, -0.2) is 8.78 Å². The fourth-order valence-corrected chi connectivity index (χ4v) is 3.62. The summed E-state index contributed by atoms with van der Waals surface area (Å²) in [5, 5.41) is 3.30. The predicted octanol–water partition coefficient (Wildman–Crippen LogP) is 2.67. The Kier molecular flexibility index (Phi) is 5.74. The summed E-state index contributed by atoms with van der Waals surface area (Å²) in [6.45, 7) is 3.51. The van der Waals surface area contributed by atoms with Crippen molar-refractivity contribution >= 4 is 11.9 Å². The highest BCUT2D eigenvalue weighted by Crippen LogP contribution is 2.43. The minimum absolute atomic E-state index is 0.0527. The Morgan fingerprint density at radius 2 is 2.12 bits per heavy atom. The Morgan fingerprint density at radius 3 is 2.77 bits per heavy atom. The van der Waals surface area contributed by atoms with Gasteiger partial charge in [0, 0.05) is 37.7 Å². The van der Waals surface area contributed by atoms with Crippen molar-refractivity contribution in [2.24, 2.45) is 10.9 Å².